The monoisotopic (exact) mass is 448 g/mol. The Bertz CT molecular complexity index is 922. The van der Waals surface area contributed by atoms with Crippen LogP contribution in [0.1, 0.15) is 54.1 Å². The number of rotatable bonds is 7. The van der Waals surface area contributed by atoms with E-state index in [0.29, 0.717) is 19.7 Å². The van der Waals surface area contributed by atoms with Crippen molar-refractivity contribution in [3.8, 4) is 0 Å². The Labute approximate surface area is 197 Å². The fourth-order valence-corrected chi connectivity index (χ4v) is 5.15. The average molecular weight is 449 g/mol. The minimum atomic E-state index is -0.206. The number of amides is 1. The SMILES string of the molecule is CCOC(=O)C1CCCN(C(=O)c2cccc(CN3CCC(Cc4ccccc4)CC3)c2)C1. The van der Waals surface area contributed by atoms with Crippen LogP contribution in [0.15, 0.2) is 54.6 Å². The molecule has 5 nitrogen and oxygen atoms in total. The zero-order chi connectivity index (χ0) is 23.0. The van der Waals surface area contributed by atoms with Gasteiger partial charge in [-0.3, -0.25) is 14.5 Å². The number of piperidine rings is 2. The van der Waals surface area contributed by atoms with Crippen LogP contribution >= 0.6 is 0 Å². The van der Waals surface area contributed by atoms with Crippen LogP contribution in [0.5, 0.6) is 0 Å². The van der Waals surface area contributed by atoms with Crippen LogP contribution in [-0.2, 0) is 22.5 Å². The molecule has 33 heavy (non-hydrogen) atoms. The van der Waals surface area contributed by atoms with Crippen molar-refractivity contribution in [2.24, 2.45) is 11.8 Å². The fourth-order valence-electron chi connectivity index (χ4n) is 5.15. The van der Waals surface area contributed by atoms with Gasteiger partial charge in [0.25, 0.3) is 5.91 Å². The molecule has 2 heterocycles. The van der Waals surface area contributed by atoms with Crippen molar-refractivity contribution in [1.29, 1.82) is 0 Å². The number of nitrogens with zero attached hydrogens (tertiary/aromatic N) is 2. The summed E-state index contributed by atoms with van der Waals surface area (Å²) in [5.41, 5.74) is 3.34. The van der Waals surface area contributed by atoms with Crippen LogP contribution < -0.4 is 0 Å². The highest BCUT2D eigenvalue weighted by Gasteiger charge is 2.30. The highest BCUT2D eigenvalue weighted by molar-refractivity contribution is 5.94. The molecule has 0 radical (unpaired) electrons. The molecule has 1 unspecified atom stereocenters. The van der Waals surface area contributed by atoms with Gasteiger partial charge in [0.05, 0.1) is 12.5 Å². The number of carbonyl (C=O) groups is 2. The van der Waals surface area contributed by atoms with E-state index in [-0.39, 0.29) is 17.8 Å². The fraction of sp³-hybridized carbons (Fsp3) is 0.500. The molecule has 0 bridgehead atoms. The van der Waals surface area contributed by atoms with Gasteiger partial charge in [0.2, 0.25) is 0 Å². The number of carbonyl (C=O) groups excluding carboxylic acids is 2. The second kappa shape index (κ2) is 11.5. The first kappa shape index (κ1) is 23.5. The molecule has 5 heteroatoms. The molecule has 0 aliphatic carbocycles. The maximum Gasteiger partial charge on any atom is 0.310 e. The molecule has 4 rings (SSSR count). The van der Waals surface area contributed by atoms with Crippen molar-refractivity contribution in [2.45, 2.75) is 45.6 Å². The van der Waals surface area contributed by atoms with E-state index >= 15 is 0 Å². The minimum Gasteiger partial charge on any atom is -0.466 e. The Morgan fingerprint density at radius 3 is 2.45 bits per heavy atom. The summed E-state index contributed by atoms with van der Waals surface area (Å²) in [6, 6.07) is 18.8. The van der Waals surface area contributed by atoms with E-state index in [2.05, 4.69) is 41.3 Å². The molecule has 1 amide bonds. The van der Waals surface area contributed by atoms with Gasteiger partial charge in [0, 0.05) is 25.2 Å². The van der Waals surface area contributed by atoms with Gasteiger partial charge in [-0.2, -0.15) is 0 Å². The van der Waals surface area contributed by atoms with Gasteiger partial charge >= 0.3 is 5.97 Å². The van der Waals surface area contributed by atoms with Gasteiger partial charge in [0.1, 0.15) is 0 Å². The third-order valence-corrected chi connectivity index (χ3v) is 6.98. The minimum absolute atomic E-state index is 0.0208. The van der Waals surface area contributed by atoms with Gasteiger partial charge in [-0.15, -0.1) is 0 Å². The molecule has 2 aromatic rings. The van der Waals surface area contributed by atoms with E-state index in [9.17, 15) is 9.59 Å². The Balaban J connectivity index is 1.30. The molecule has 0 spiro atoms. The molecule has 0 aromatic heterocycles. The Morgan fingerprint density at radius 2 is 1.70 bits per heavy atom. The van der Waals surface area contributed by atoms with E-state index in [4.69, 9.17) is 4.74 Å². The Kier molecular flexibility index (Phi) is 8.16. The predicted molar refractivity (Wildman–Crippen MR) is 130 cm³/mol. The van der Waals surface area contributed by atoms with Gasteiger partial charge in [-0.1, -0.05) is 42.5 Å². The average Bonchev–Trinajstić information content (AvgIpc) is 2.86. The van der Waals surface area contributed by atoms with Crippen LogP contribution in [0.2, 0.25) is 0 Å². The second-order valence-electron chi connectivity index (χ2n) is 9.45. The second-order valence-corrected chi connectivity index (χ2v) is 9.45. The molecule has 0 N–H and O–H groups in total. The van der Waals surface area contributed by atoms with Crippen LogP contribution in [-0.4, -0.2) is 54.5 Å². The van der Waals surface area contributed by atoms with E-state index in [1.165, 1.54) is 30.4 Å². The van der Waals surface area contributed by atoms with Gasteiger partial charge in [0.15, 0.2) is 0 Å². The van der Waals surface area contributed by atoms with Crippen LogP contribution in [0, 0.1) is 11.8 Å². The molecule has 2 aromatic carbocycles. The first-order valence-electron chi connectivity index (χ1n) is 12.4. The maximum absolute atomic E-state index is 13.1. The van der Waals surface area contributed by atoms with Crippen molar-refractivity contribution in [3.63, 3.8) is 0 Å². The number of likely N-dealkylation sites (tertiary alicyclic amines) is 2. The predicted octanol–water partition coefficient (Wildman–Crippen LogP) is 4.56. The summed E-state index contributed by atoms with van der Waals surface area (Å²) in [7, 11) is 0. The molecule has 0 saturated carbocycles. The lowest BCUT2D eigenvalue weighted by Gasteiger charge is -2.33. The summed E-state index contributed by atoms with van der Waals surface area (Å²) in [6.07, 6.45) is 5.24. The van der Waals surface area contributed by atoms with Crippen LogP contribution in [0.3, 0.4) is 0 Å². The summed E-state index contributed by atoms with van der Waals surface area (Å²) in [5, 5.41) is 0. The first-order valence-corrected chi connectivity index (χ1v) is 12.4. The summed E-state index contributed by atoms with van der Waals surface area (Å²) in [5.74, 6) is 0.387. The largest absolute Gasteiger partial charge is 0.466 e. The molecule has 176 valence electrons. The van der Waals surface area contributed by atoms with Crippen LogP contribution in [0.25, 0.3) is 0 Å². The van der Waals surface area contributed by atoms with E-state index in [1.807, 2.05) is 30.0 Å². The number of ether oxygens (including phenoxy) is 1. The Morgan fingerprint density at radius 1 is 0.939 bits per heavy atom. The number of hydrogen-bond acceptors (Lipinski definition) is 4. The normalized spacial score (nSPS) is 19.9. The van der Waals surface area contributed by atoms with Crippen LogP contribution in [0.4, 0.5) is 0 Å². The molecule has 2 fully saturated rings. The topological polar surface area (TPSA) is 49.9 Å². The summed E-state index contributed by atoms with van der Waals surface area (Å²) >= 11 is 0. The summed E-state index contributed by atoms with van der Waals surface area (Å²) in [4.78, 5) is 29.6. The number of esters is 1. The van der Waals surface area contributed by atoms with E-state index < -0.39 is 0 Å². The van der Waals surface area contributed by atoms with Crippen molar-refractivity contribution in [1.82, 2.24) is 9.80 Å². The molecular formula is C28H36N2O3. The third-order valence-electron chi connectivity index (χ3n) is 6.98. The smallest absolute Gasteiger partial charge is 0.310 e. The third kappa shape index (κ3) is 6.44. The highest BCUT2D eigenvalue weighted by Crippen LogP contribution is 2.24. The van der Waals surface area contributed by atoms with Crippen molar-refractivity contribution < 1.29 is 14.3 Å². The number of benzene rings is 2. The quantitative estimate of drug-likeness (QED) is 0.583. The maximum atomic E-state index is 13.1. The molecule has 2 aliphatic heterocycles. The molecular weight excluding hydrogens is 412 g/mol. The molecule has 1 atom stereocenters. The van der Waals surface area contributed by atoms with Crippen molar-refractivity contribution >= 4 is 11.9 Å². The van der Waals surface area contributed by atoms with Gasteiger partial charge in [-0.05, 0) is 81.3 Å². The molecule has 2 aliphatic rings. The van der Waals surface area contributed by atoms with Crippen molar-refractivity contribution in [3.05, 3.63) is 71.3 Å². The van der Waals surface area contributed by atoms with Crippen molar-refractivity contribution in [2.75, 3.05) is 32.8 Å². The highest BCUT2D eigenvalue weighted by atomic mass is 16.5. The Hall–Kier alpha value is -2.66. The van der Waals surface area contributed by atoms with Gasteiger partial charge < -0.3 is 9.64 Å². The summed E-state index contributed by atoms with van der Waals surface area (Å²) < 4.78 is 5.18. The molecule has 2 saturated heterocycles. The standard InChI is InChI=1S/C28H36N2O3/c1-2-33-28(32)26-12-7-15-30(21-26)27(31)25-11-6-10-24(19-25)20-29-16-13-23(14-17-29)18-22-8-4-3-5-9-22/h3-6,8-11,19,23,26H,2,7,12-18,20-21H2,1H3. The van der Waals surface area contributed by atoms with E-state index in [1.54, 1.807) is 0 Å². The summed E-state index contributed by atoms with van der Waals surface area (Å²) in [6.45, 7) is 6.44. The van der Waals surface area contributed by atoms with E-state index in [0.717, 1.165) is 44.0 Å². The van der Waals surface area contributed by atoms with Gasteiger partial charge in [-0.25, -0.2) is 0 Å². The lowest BCUT2D eigenvalue weighted by Crippen LogP contribution is -2.42. The first-order chi connectivity index (χ1) is 16.1. The zero-order valence-corrected chi connectivity index (χ0v) is 19.7. The lowest BCUT2D eigenvalue weighted by atomic mass is 9.90. The zero-order valence-electron chi connectivity index (χ0n) is 19.7. The lowest BCUT2D eigenvalue weighted by molar-refractivity contribution is -0.149. The number of hydrogen-bond donors (Lipinski definition) is 0.